The molecule has 106 valence electrons. The summed E-state index contributed by atoms with van der Waals surface area (Å²) in [7, 11) is 0. The van der Waals surface area contributed by atoms with Crippen LogP contribution in [0.5, 0.6) is 0 Å². The van der Waals surface area contributed by atoms with E-state index in [9.17, 15) is 0 Å². The average Bonchev–Trinajstić information content (AvgIpc) is 3.07. The van der Waals surface area contributed by atoms with E-state index in [-0.39, 0.29) is 5.54 Å². The normalized spacial score (nSPS) is 22.3. The third kappa shape index (κ3) is 2.92. The van der Waals surface area contributed by atoms with Crippen molar-refractivity contribution in [3.8, 4) is 11.5 Å². The number of aromatic nitrogens is 1. The topological polar surface area (TPSA) is 50.1 Å². The second-order valence-electron chi connectivity index (χ2n) is 5.85. The minimum Gasteiger partial charge on any atom is -0.444 e. The smallest absolute Gasteiger partial charge is 0.226 e. The molecule has 1 aromatic carbocycles. The summed E-state index contributed by atoms with van der Waals surface area (Å²) in [6.07, 6.45) is 2.89. The summed E-state index contributed by atoms with van der Waals surface area (Å²) in [6.45, 7) is 7.15. The number of hydrogen-bond acceptors (Lipinski definition) is 4. The van der Waals surface area contributed by atoms with E-state index in [1.165, 1.54) is 5.56 Å². The average molecular weight is 271 g/mol. The lowest BCUT2D eigenvalue weighted by atomic mass is 10.0. The molecule has 0 spiro atoms. The van der Waals surface area contributed by atoms with E-state index >= 15 is 0 Å². The van der Waals surface area contributed by atoms with Crippen molar-refractivity contribution in [1.29, 1.82) is 0 Å². The number of oxazole rings is 1. The lowest BCUT2D eigenvalue weighted by Gasteiger charge is -2.23. The highest BCUT2D eigenvalue weighted by molar-refractivity contribution is 5.53. The molecule has 1 saturated heterocycles. The van der Waals surface area contributed by atoms with Gasteiger partial charge in [-0.3, -0.25) is 0 Å². The van der Waals surface area contributed by atoms with Crippen LogP contribution >= 0.6 is 0 Å². The predicted molar refractivity (Wildman–Crippen MR) is 79.4 cm³/mol. The first-order valence-corrected chi connectivity index (χ1v) is 7.12. The quantitative estimate of drug-likeness (QED) is 0.897. The molecular weight excluding hydrogens is 250 g/mol. The zero-order valence-corrected chi connectivity index (χ0v) is 12.1. The van der Waals surface area contributed by atoms with Crippen molar-refractivity contribution in [2.24, 2.45) is 0 Å². The van der Waals surface area contributed by atoms with Crippen molar-refractivity contribution in [2.45, 2.75) is 32.4 Å². The Balaban J connectivity index is 1.66. The SMILES string of the molecule is Cc1ccc(-c2nc(CNC3(C)CCNC3)co2)cc1. The molecule has 2 aromatic rings. The van der Waals surface area contributed by atoms with Crippen LogP contribution in [0.25, 0.3) is 11.5 Å². The number of nitrogens with one attached hydrogen (secondary N) is 2. The fraction of sp³-hybridized carbons (Fsp3) is 0.438. The Morgan fingerprint density at radius 3 is 2.85 bits per heavy atom. The summed E-state index contributed by atoms with van der Waals surface area (Å²) in [5.74, 6) is 0.691. The molecule has 2 heterocycles. The van der Waals surface area contributed by atoms with Crippen molar-refractivity contribution >= 4 is 0 Å². The van der Waals surface area contributed by atoms with Crippen LogP contribution in [0.3, 0.4) is 0 Å². The van der Waals surface area contributed by atoms with Gasteiger partial charge in [0.05, 0.1) is 5.69 Å². The highest BCUT2D eigenvalue weighted by Gasteiger charge is 2.27. The summed E-state index contributed by atoms with van der Waals surface area (Å²) in [5.41, 5.74) is 3.39. The van der Waals surface area contributed by atoms with Crippen LogP contribution in [0.2, 0.25) is 0 Å². The molecule has 3 rings (SSSR count). The lowest BCUT2D eigenvalue weighted by Crippen LogP contribution is -2.43. The summed E-state index contributed by atoms with van der Waals surface area (Å²) in [4.78, 5) is 4.55. The second-order valence-corrected chi connectivity index (χ2v) is 5.85. The summed E-state index contributed by atoms with van der Waals surface area (Å²) in [6, 6.07) is 8.23. The Morgan fingerprint density at radius 2 is 2.15 bits per heavy atom. The van der Waals surface area contributed by atoms with Crippen molar-refractivity contribution in [3.05, 3.63) is 41.8 Å². The summed E-state index contributed by atoms with van der Waals surface area (Å²) >= 11 is 0. The number of benzene rings is 1. The van der Waals surface area contributed by atoms with E-state index in [2.05, 4.69) is 41.6 Å². The molecule has 0 aliphatic carbocycles. The number of hydrogen-bond donors (Lipinski definition) is 2. The highest BCUT2D eigenvalue weighted by atomic mass is 16.3. The third-order valence-electron chi connectivity index (χ3n) is 3.92. The second kappa shape index (κ2) is 5.38. The molecule has 2 N–H and O–H groups in total. The molecule has 1 atom stereocenters. The maximum Gasteiger partial charge on any atom is 0.226 e. The fourth-order valence-electron chi connectivity index (χ4n) is 2.49. The molecule has 1 aromatic heterocycles. The van der Waals surface area contributed by atoms with Gasteiger partial charge in [-0.2, -0.15) is 0 Å². The van der Waals surface area contributed by atoms with Gasteiger partial charge in [-0.05, 0) is 38.9 Å². The molecule has 20 heavy (non-hydrogen) atoms. The first kappa shape index (κ1) is 13.3. The van der Waals surface area contributed by atoms with E-state index in [1.807, 2.05) is 12.1 Å². The Bertz CT molecular complexity index is 568. The standard InChI is InChI=1S/C16H21N3O/c1-12-3-5-13(6-4-12)15-19-14(10-20-15)9-18-16(2)7-8-17-11-16/h3-6,10,17-18H,7-9,11H2,1-2H3. The predicted octanol–water partition coefficient (Wildman–Crippen LogP) is 2.49. The molecule has 4 heteroatoms. The number of nitrogens with zero attached hydrogens (tertiary/aromatic N) is 1. The van der Waals surface area contributed by atoms with E-state index in [4.69, 9.17) is 4.42 Å². The Hall–Kier alpha value is -1.65. The minimum absolute atomic E-state index is 0.170. The molecule has 0 amide bonds. The third-order valence-corrected chi connectivity index (χ3v) is 3.92. The first-order valence-electron chi connectivity index (χ1n) is 7.12. The fourth-order valence-corrected chi connectivity index (χ4v) is 2.49. The van der Waals surface area contributed by atoms with Gasteiger partial charge in [-0.1, -0.05) is 17.7 Å². The maximum atomic E-state index is 5.57. The van der Waals surface area contributed by atoms with Gasteiger partial charge in [0, 0.05) is 24.2 Å². The van der Waals surface area contributed by atoms with Crippen LogP contribution in [0.1, 0.15) is 24.6 Å². The highest BCUT2D eigenvalue weighted by Crippen LogP contribution is 2.20. The number of aryl methyl sites for hydroxylation is 1. The van der Waals surface area contributed by atoms with Gasteiger partial charge in [-0.15, -0.1) is 0 Å². The van der Waals surface area contributed by atoms with Gasteiger partial charge >= 0.3 is 0 Å². The first-order chi connectivity index (χ1) is 9.65. The van der Waals surface area contributed by atoms with Crippen molar-refractivity contribution < 1.29 is 4.42 Å². The Labute approximate surface area is 119 Å². The van der Waals surface area contributed by atoms with Gasteiger partial charge in [-0.25, -0.2) is 4.98 Å². The number of rotatable bonds is 4. The molecule has 1 aliphatic rings. The van der Waals surface area contributed by atoms with Gasteiger partial charge in [0.25, 0.3) is 0 Å². The molecule has 1 fully saturated rings. The Kier molecular flexibility index (Phi) is 3.59. The van der Waals surface area contributed by atoms with Crippen molar-refractivity contribution in [2.75, 3.05) is 13.1 Å². The van der Waals surface area contributed by atoms with Crippen molar-refractivity contribution in [3.63, 3.8) is 0 Å². The van der Waals surface area contributed by atoms with Crippen LogP contribution < -0.4 is 10.6 Å². The maximum absolute atomic E-state index is 5.57. The van der Waals surface area contributed by atoms with E-state index in [0.29, 0.717) is 5.89 Å². The van der Waals surface area contributed by atoms with Crippen molar-refractivity contribution in [1.82, 2.24) is 15.6 Å². The van der Waals surface area contributed by atoms with Gasteiger partial charge < -0.3 is 15.1 Å². The van der Waals surface area contributed by atoms with Crippen LogP contribution in [-0.2, 0) is 6.54 Å². The molecule has 4 nitrogen and oxygen atoms in total. The van der Waals surface area contributed by atoms with E-state index < -0.39 is 0 Å². The minimum atomic E-state index is 0.170. The van der Waals surface area contributed by atoms with Crippen LogP contribution in [0, 0.1) is 6.92 Å². The molecule has 0 saturated carbocycles. The van der Waals surface area contributed by atoms with E-state index in [1.54, 1.807) is 6.26 Å². The van der Waals surface area contributed by atoms with Crippen LogP contribution in [0.15, 0.2) is 34.9 Å². The van der Waals surface area contributed by atoms with Gasteiger partial charge in [0.2, 0.25) is 5.89 Å². The monoisotopic (exact) mass is 271 g/mol. The molecule has 1 unspecified atom stereocenters. The molecular formula is C16H21N3O. The lowest BCUT2D eigenvalue weighted by molar-refractivity contribution is 0.383. The Morgan fingerprint density at radius 1 is 1.35 bits per heavy atom. The van der Waals surface area contributed by atoms with Gasteiger partial charge in [0.1, 0.15) is 6.26 Å². The molecule has 1 aliphatic heterocycles. The zero-order valence-electron chi connectivity index (χ0n) is 12.1. The summed E-state index contributed by atoms with van der Waals surface area (Å²) < 4.78 is 5.57. The molecule has 0 radical (unpaired) electrons. The largest absolute Gasteiger partial charge is 0.444 e. The zero-order chi connectivity index (χ0) is 14.0. The van der Waals surface area contributed by atoms with Crippen LogP contribution in [0.4, 0.5) is 0 Å². The van der Waals surface area contributed by atoms with E-state index in [0.717, 1.165) is 37.3 Å². The molecule has 0 bridgehead atoms. The van der Waals surface area contributed by atoms with Gasteiger partial charge in [0.15, 0.2) is 0 Å². The summed E-state index contributed by atoms with van der Waals surface area (Å²) in [5, 5.41) is 6.94. The van der Waals surface area contributed by atoms with Crippen LogP contribution in [-0.4, -0.2) is 23.6 Å².